The molecule has 4 aromatic rings. The Hall–Kier alpha value is -3.50. The van der Waals surface area contributed by atoms with Gasteiger partial charge in [0.25, 0.3) is 11.1 Å². The number of H-pyrrole nitrogens is 2. The summed E-state index contributed by atoms with van der Waals surface area (Å²) in [6, 6.07) is 0. The number of ether oxygens (including phenoxy) is 2. The van der Waals surface area contributed by atoms with Crippen LogP contribution in [-0.4, -0.2) is 86.1 Å². The highest BCUT2D eigenvalue weighted by Gasteiger charge is 2.44. The van der Waals surface area contributed by atoms with E-state index in [9.17, 15) is 39.6 Å². The van der Waals surface area contributed by atoms with Gasteiger partial charge in [-0.3, -0.25) is 38.3 Å². The molecule has 48 heavy (non-hydrogen) atoms. The summed E-state index contributed by atoms with van der Waals surface area (Å²) in [7, 11) is 0. The van der Waals surface area contributed by atoms with Gasteiger partial charge >= 0.3 is 9.75 Å². The second kappa shape index (κ2) is 14.2. The van der Waals surface area contributed by atoms with Crippen LogP contribution in [0.1, 0.15) is 65.8 Å². The summed E-state index contributed by atoms with van der Waals surface area (Å²) >= 11 is 1.50. The third-order valence-electron chi connectivity index (χ3n) is 8.80. The molecule has 10 N–H and O–H groups in total. The fourth-order valence-corrected chi connectivity index (χ4v) is 7.86. The zero-order chi connectivity index (χ0) is 35.2. The van der Waals surface area contributed by atoms with Crippen molar-refractivity contribution in [3.05, 3.63) is 40.0 Å². The molecule has 0 aromatic carbocycles. The van der Waals surface area contributed by atoms with Crippen LogP contribution in [-0.2, 0) is 9.47 Å². The van der Waals surface area contributed by atoms with Gasteiger partial charge in [-0.05, 0) is 39.5 Å². The maximum atomic E-state index is 12.4. The van der Waals surface area contributed by atoms with E-state index in [1.165, 1.54) is 9.13 Å². The van der Waals surface area contributed by atoms with Crippen LogP contribution in [0.4, 0.5) is 11.9 Å². The van der Waals surface area contributed by atoms with Crippen molar-refractivity contribution in [1.82, 2.24) is 29.1 Å². The first-order valence-electron chi connectivity index (χ1n) is 15.5. The summed E-state index contributed by atoms with van der Waals surface area (Å²) in [5, 5.41) is 40.3. The Morgan fingerprint density at radius 2 is 1.10 bits per heavy atom. The number of nitrogens with two attached hydrogens (primary N) is 2. The van der Waals surface area contributed by atoms with Crippen LogP contribution in [0, 0.1) is 11.8 Å². The Bertz CT molecular complexity index is 1860. The summed E-state index contributed by atoms with van der Waals surface area (Å²) in [6.07, 6.45) is -3.74. The predicted octanol–water partition coefficient (Wildman–Crippen LogP) is -0.432. The Labute approximate surface area is 279 Å². The maximum Gasteiger partial charge on any atom is 0.311 e. The number of aliphatic hydroxyl groups is 4. The first kappa shape index (κ1) is 35.8. The van der Waals surface area contributed by atoms with Gasteiger partial charge < -0.3 is 41.4 Å². The number of aromatic amines is 2. The van der Waals surface area contributed by atoms with Gasteiger partial charge in [-0.25, -0.2) is 0 Å². The van der Waals surface area contributed by atoms with E-state index in [-0.39, 0.29) is 32.6 Å². The molecule has 20 heteroatoms. The molecule has 10 atom stereocenters. The number of thiazole rings is 2. The molecule has 2 aliphatic heterocycles. The average Bonchev–Trinajstić information content (AvgIpc) is 3.79. The summed E-state index contributed by atoms with van der Waals surface area (Å²) in [5.74, 6) is -1.02. The van der Waals surface area contributed by atoms with Crippen molar-refractivity contribution in [2.45, 2.75) is 102 Å². The van der Waals surface area contributed by atoms with Crippen LogP contribution < -0.4 is 32.3 Å². The SMILES string of the molecule is CC[C@H](O)[C@@H]1C[C@@H]([C@@H](C)O)[C@H](n2c(=O)sc3c(=O)[nH]c(N)nc32)O1.CC[C@H](O)[C@@H]1C[C@@H]([C@H](C)O)[C@H](n2c(=O)sc3c(=O)[nH]c(N)nc32)O1. The second-order valence-electron chi connectivity index (χ2n) is 12.0. The number of aliphatic hydroxyl groups excluding tert-OH is 4. The van der Waals surface area contributed by atoms with Crippen LogP contribution >= 0.6 is 22.7 Å². The quantitative estimate of drug-likeness (QED) is 0.115. The molecule has 0 aliphatic carbocycles. The average molecular weight is 713 g/mol. The van der Waals surface area contributed by atoms with Gasteiger partial charge in [-0.15, -0.1) is 0 Å². The molecule has 0 radical (unpaired) electrons. The van der Waals surface area contributed by atoms with Gasteiger partial charge in [0, 0.05) is 11.8 Å². The lowest BCUT2D eigenvalue weighted by molar-refractivity contribution is -0.0734. The predicted molar refractivity (Wildman–Crippen MR) is 178 cm³/mol. The number of aromatic nitrogens is 6. The van der Waals surface area contributed by atoms with Gasteiger partial charge in [-0.2, -0.15) is 9.97 Å². The Balaban J connectivity index is 0.000000188. The minimum Gasteiger partial charge on any atom is -0.393 e. The highest BCUT2D eigenvalue weighted by atomic mass is 32.1. The number of rotatable bonds is 8. The fourth-order valence-electron chi connectivity index (χ4n) is 6.18. The van der Waals surface area contributed by atoms with Gasteiger partial charge in [0.2, 0.25) is 11.9 Å². The van der Waals surface area contributed by atoms with E-state index in [0.717, 1.165) is 22.7 Å². The van der Waals surface area contributed by atoms with Crippen molar-refractivity contribution < 1.29 is 29.9 Å². The normalized spacial score (nSPS) is 26.8. The molecule has 0 amide bonds. The molecular formula is C28H40N8O10S2. The summed E-state index contributed by atoms with van der Waals surface area (Å²) < 4.78 is 14.6. The first-order valence-corrected chi connectivity index (χ1v) is 17.1. The van der Waals surface area contributed by atoms with Crippen molar-refractivity contribution in [3.8, 4) is 0 Å². The van der Waals surface area contributed by atoms with Gasteiger partial charge in [0.15, 0.2) is 11.3 Å². The topological polar surface area (TPSA) is 287 Å². The molecule has 0 unspecified atom stereocenters. The molecule has 0 saturated carbocycles. The minimum atomic E-state index is -0.814. The lowest BCUT2D eigenvalue weighted by Crippen LogP contribution is -2.30. The summed E-state index contributed by atoms with van der Waals surface area (Å²) in [6.45, 7) is 6.87. The lowest BCUT2D eigenvalue weighted by Gasteiger charge is -2.22. The number of hydrogen-bond acceptors (Lipinski definition) is 16. The molecule has 6 rings (SSSR count). The van der Waals surface area contributed by atoms with Gasteiger partial charge in [-0.1, -0.05) is 36.5 Å². The van der Waals surface area contributed by atoms with E-state index in [0.29, 0.717) is 25.7 Å². The van der Waals surface area contributed by atoms with Crippen molar-refractivity contribution in [1.29, 1.82) is 0 Å². The van der Waals surface area contributed by atoms with E-state index < -0.39 is 81.8 Å². The van der Waals surface area contributed by atoms with Crippen LogP contribution in [0.25, 0.3) is 20.7 Å². The van der Waals surface area contributed by atoms with Crippen molar-refractivity contribution >= 4 is 55.3 Å². The van der Waals surface area contributed by atoms with Crippen LogP contribution in [0.3, 0.4) is 0 Å². The van der Waals surface area contributed by atoms with E-state index in [1.54, 1.807) is 13.8 Å². The largest absolute Gasteiger partial charge is 0.393 e. The molecule has 2 fully saturated rings. The highest BCUT2D eigenvalue weighted by Crippen LogP contribution is 2.40. The number of fused-ring (bicyclic) bond motifs is 2. The number of hydrogen-bond donors (Lipinski definition) is 8. The third kappa shape index (κ3) is 6.70. The monoisotopic (exact) mass is 712 g/mol. The van der Waals surface area contributed by atoms with E-state index in [1.807, 2.05) is 13.8 Å². The van der Waals surface area contributed by atoms with Gasteiger partial charge in [0.1, 0.15) is 21.9 Å². The molecule has 0 bridgehead atoms. The summed E-state index contributed by atoms with van der Waals surface area (Å²) in [4.78, 5) is 60.8. The Morgan fingerprint density at radius 1 is 0.750 bits per heavy atom. The van der Waals surface area contributed by atoms with Crippen molar-refractivity contribution in [3.63, 3.8) is 0 Å². The molecule has 0 spiro atoms. The number of nitrogens with zero attached hydrogens (tertiary/aromatic N) is 4. The van der Waals surface area contributed by atoms with E-state index in [2.05, 4.69) is 19.9 Å². The van der Waals surface area contributed by atoms with Crippen LogP contribution in [0.5, 0.6) is 0 Å². The number of anilines is 2. The van der Waals surface area contributed by atoms with Gasteiger partial charge in [0.05, 0.1) is 36.6 Å². The van der Waals surface area contributed by atoms with E-state index >= 15 is 0 Å². The number of nitrogens with one attached hydrogen (secondary N) is 2. The van der Waals surface area contributed by atoms with Crippen molar-refractivity contribution in [2.75, 3.05) is 11.5 Å². The third-order valence-corrected chi connectivity index (χ3v) is 10.7. The van der Waals surface area contributed by atoms with Crippen molar-refractivity contribution in [2.24, 2.45) is 11.8 Å². The molecular weight excluding hydrogens is 672 g/mol. The van der Waals surface area contributed by atoms with E-state index in [4.69, 9.17) is 20.9 Å². The first-order chi connectivity index (χ1) is 22.7. The Kier molecular flexibility index (Phi) is 10.6. The lowest BCUT2D eigenvalue weighted by atomic mass is 9.95. The zero-order valence-corrected chi connectivity index (χ0v) is 28.2. The maximum absolute atomic E-state index is 12.4. The minimum absolute atomic E-state index is 0.101. The molecule has 2 saturated heterocycles. The smallest absolute Gasteiger partial charge is 0.311 e. The molecule has 18 nitrogen and oxygen atoms in total. The summed E-state index contributed by atoms with van der Waals surface area (Å²) in [5.41, 5.74) is 10.5. The highest BCUT2D eigenvalue weighted by molar-refractivity contribution is 7.16. The molecule has 4 aromatic heterocycles. The molecule has 2 aliphatic rings. The second-order valence-corrected chi connectivity index (χ2v) is 14.0. The Morgan fingerprint density at radius 3 is 1.42 bits per heavy atom. The standard InChI is InChI=1S/2C14H20N4O5S/c2*1-3-7(20)8-4-6(5(2)19)12(23-8)18-10-9(24-14(18)22)11(21)17-13(15)16-10/h2*5-8,12,19-20H,3-4H2,1-2H3,(H3,15,16,17,21)/t5-,6+,7+,8+,12-;5-,6-,7-,8-,12+/m10/s1. The fraction of sp³-hybridized carbons (Fsp3) is 0.643. The molecule has 6 heterocycles. The van der Waals surface area contributed by atoms with Crippen LogP contribution in [0.15, 0.2) is 19.2 Å². The number of nitrogen functional groups attached to an aromatic ring is 2. The van der Waals surface area contributed by atoms with Crippen LogP contribution in [0.2, 0.25) is 0 Å². The molecule has 264 valence electrons. The zero-order valence-electron chi connectivity index (χ0n) is 26.6.